The van der Waals surface area contributed by atoms with E-state index in [1.165, 1.54) is 36.0 Å². The van der Waals surface area contributed by atoms with Crippen LogP contribution in [0.2, 0.25) is 0 Å². The Morgan fingerprint density at radius 1 is 1.22 bits per heavy atom. The van der Waals surface area contributed by atoms with Crippen molar-refractivity contribution in [2.24, 2.45) is 4.99 Å². The molecule has 4 nitrogen and oxygen atoms in total. The Bertz CT molecular complexity index is 834. The van der Waals surface area contributed by atoms with E-state index in [9.17, 15) is 14.3 Å². The van der Waals surface area contributed by atoms with Crippen molar-refractivity contribution in [3.63, 3.8) is 0 Å². The van der Waals surface area contributed by atoms with E-state index in [1.54, 1.807) is 24.3 Å². The maximum atomic E-state index is 12.9. The lowest BCUT2D eigenvalue weighted by Gasteiger charge is -1.99. The third kappa shape index (κ3) is 3.80. The SMILES string of the molecule is O=C1NC(=Nc2ccc(F)cc2)SC1=Cc1ccc(O)c(Br)c1. The van der Waals surface area contributed by atoms with Crippen LogP contribution in [0.15, 0.2) is 56.8 Å². The first-order valence-corrected chi connectivity index (χ1v) is 8.16. The highest BCUT2D eigenvalue weighted by molar-refractivity contribution is 9.10. The average Bonchev–Trinajstić information content (AvgIpc) is 2.85. The van der Waals surface area contributed by atoms with Gasteiger partial charge in [0.2, 0.25) is 0 Å². The number of amides is 1. The molecular weight excluding hydrogens is 383 g/mol. The second-order valence-electron chi connectivity index (χ2n) is 4.67. The van der Waals surface area contributed by atoms with Crippen molar-refractivity contribution >= 4 is 50.5 Å². The van der Waals surface area contributed by atoms with Gasteiger partial charge in [0, 0.05) is 0 Å². The van der Waals surface area contributed by atoms with E-state index in [0.29, 0.717) is 20.2 Å². The van der Waals surface area contributed by atoms with Gasteiger partial charge in [-0.25, -0.2) is 9.38 Å². The molecule has 0 saturated carbocycles. The van der Waals surface area contributed by atoms with Gasteiger partial charge in [-0.3, -0.25) is 4.79 Å². The minimum absolute atomic E-state index is 0.134. The van der Waals surface area contributed by atoms with E-state index in [4.69, 9.17) is 0 Å². The Morgan fingerprint density at radius 3 is 2.65 bits per heavy atom. The number of benzene rings is 2. The Balaban J connectivity index is 1.83. The van der Waals surface area contributed by atoms with Crippen molar-refractivity contribution in [2.45, 2.75) is 0 Å². The zero-order chi connectivity index (χ0) is 16.4. The summed E-state index contributed by atoms with van der Waals surface area (Å²) >= 11 is 4.43. The fourth-order valence-electron chi connectivity index (χ4n) is 1.88. The van der Waals surface area contributed by atoms with Gasteiger partial charge in [0.25, 0.3) is 5.91 Å². The molecule has 1 aliphatic rings. The number of nitrogens with zero attached hydrogens (tertiary/aromatic N) is 1. The van der Waals surface area contributed by atoms with Gasteiger partial charge in [-0.05, 0) is 75.7 Å². The standard InChI is InChI=1S/C16H10BrFN2O2S/c17-12-7-9(1-6-13(12)21)8-14-15(22)20-16(23-14)19-11-4-2-10(18)3-5-11/h1-8,21H,(H,19,20,22). The summed E-state index contributed by atoms with van der Waals surface area (Å²) in [5, 5.41) is 12.6. The normalized spacial score (nSPS) is 17.7. The fourth-order valence-corrected chi connectivity index (χ4v) is 3.12. The lowest BCUT2D eigenvalue weighted by Crippen LogP contribution is -2.19. The molecule has 1 aliphatic heterocycles. The molecule has 0 aliphatic carbocycles. The van der Waals surface area contributed by atoms with Gasteiger partial charge in [0.15, 0.2) is 5.17 Å². The predicted molar refractivity (Wildman–Crippen MR) is 93.0 cm³/mol. The molecule has 2 aromatic carbocycles. The number of carbonyl (C=O) groups excluding carboxylic acids is 1. The molecule has 0 unspecified atom stereocenters. The van der Waals surface area contributed by atoms with E-state index in [0.717, 1.165) is 5.56 Å². The van der Waals surface area contributed by atoms with Crippen LogP contribution >= 0.6 is 27.7 Å². The molecule has 0 aromatic heterocycles. The van der Waals surface area contributed by atoms with Gasteiger partial charge in [-0.15, -0.1) is 0 Å². The minimum atomic E-state index is -0.337. The molecule has 0 spiro atoms. The molecule has 1 saturated heterocycles. The first-order valence-electron chi connectivity index (χ1n) is 6.55. The lowest BCUT2D eigenvalue weighted by atomic mass is 10.2. The summed E-state index contributed by atoms with van der Waals surface area (Å²) in [6.45, 7) is 0. The molecule has 7 heteroatoms. The first kappa shape index (κ1) is 15.8. The van der Waals surface area contributed by atoms with Crippen LogP contribution in [-0.2, 0) is 4.79 Å². The fraction of sp³-hybridized carbons (Fsp3) is 0. The van der Waals surface area contributed by atoms with E-state index < -0.39 is 0 Å². The van der Waals surface area contributed by atoms with E-state index in [-0.39, 0.29) is 17.5 Å². The lowest BCUT2D eigenvalue weighted by molar-refractivity contribution is -0.115. The van der Waals surface area contributed by atoms with Gasteiger partial charge in [-0.1, -0.05) is 6.07 Å². The smallest absolute Gasteiger partial charge is 0.264 e. The van der Waals surface area contributed by atoms with E-state index >= 15 is 0 Å². The van der Waals surface area contributed by atoms with Crippen molar-refractivity contribution < 1.29 is 14.3 Å². The Labute approximate surface area is 144 Å². The third-order valence-corrected chi connectivity index (χ3v) is 4.52. The molecule has 2 N–H and O–H groups in total. The van der Waals surface area contributed by atoms with Crippen LogP contribution < -0.4 is 5.32 Å². The summed E-state index contributed by atoms with van der Waals surface area (Å²) in [5.74, 6) is -0.454. The summed E-state index contributed by atoms with van der Waals surface area (Å²) in [5.41, 5.74) is 1.33. The number of aromatic hydroxyl groups is 1. The monoisotopic (exact) mass is 392 g/mol. The van der Waals surface area contributed by atoms with E-state index in [2.05, 4.69) is 26.2 Å². The van der Waals surface area contributed by atoms with Crippen LogP contribution in [0, 0.1) is 5.82 Å². The van der Waals surface area contributed by atoms with Crippen LogP contribution in [0.1, 0.15) is 5.56 Å². The number of aliphatic imine (C=N–C) groups is 1. The molecule has 1 heterocycles. The van der Waals surface area contributed by atoms with Crippen LogP contribution in [0.25, 0.3) is 6.08 Å². The number of carbonyl (C=O) groups is 1. The van der Waals surface area contributed by atoms with Crippen LogP contribution in [0.3, 0.4) is 0 Å². The summed E-state index contributed by atoms with van der Waals surface area (Å²) < 4.78 is 13.4. The summed E-state index contributed by atoms with van der Waals surface area (Å²) in [6.07, 6.45) is 1.71. The number of hydrogen-bond donors (Lipinski definition) is 2. The summed E-state index contributed by atoms with van der Waals surface area (Å²) in [7, 11) is 0. The van der Waals surface area contributed by atoms with Gasteiger partial charge >= 0.3 is 0 Å². The third-order valence-electron chi connectivity index (χ3n) is 2.98. The number of hydrogen-bond acceptors (Lipinski definition) is 4. The van der Waals surface area contributed by atoms with Gasteiger partial charge in [-0.2, -0.15) is 0 Å². The number of nitrogens with one attached hydrogen (secondary N) is 1. The highest BCUT2D eigenvalue weighted by atomic mass is 79.9. The van der Waals surface area contributed by atoms with Gasteiger partial charge in [0.05, 0.1) is 15.1 Å². The number of rotatable bonds is 2. The van der Waals surface area contributed by atoms with E-state index in [1.807, 2.05) is 0 Å². The molecule has 0 atom stereocenters. The van der Waals surface area contributed by atoms with Crippen LogP contribution in [-0.4, -0.2) is 16.2 Å². The maximum Gasteiger partial charge on any atom is 0.264 e. The first-order chi connectivity index (χ1) is 11.0. The van der Waals surface area contributed by atoms with Crippen LogP contribution in [0.5, 0.6) is 5.75 Å². The summed E-state index contributed by atoms with van der Waals surface area (Å²) in [6, 6.07) is 10.7. The number of thioether (sulfide) groups is 1. The Kier molecular flexibility index (Phi) is 4.49. The van der Waals surface area contributed by atoms with Gasteiger partial charge in [0.1, 0.15) is 11.6 Å². The molecule has 1 fully saturated rings. The highest BCUT2D eigenvalue weighted by Crippen LogP contribution is 2.30. The second kappa shape index (κ2) is 6.55. The number of phenolic OH excluding ortho intramolecular Hbond substituents is 1. The second-order valence-corrected chi connectivity index (χ2v) is 6.55. The highest BCUT2D eigenvalue weighted by Gasteiger charge is 2.23. The molecule has 1 amide bonds. The molecule has 23 heavy (non-hydrogen) atoms. The molecule has 0 radical (unpaired) electrons. The maximum absolute atomic E-state index is 12.9. The topological polar surface area (TPSA) is 61.7 Å². The van der Waals surface area contributed by atoms with Crippen molar-refractivity contribution in [1.29, 1.82) is 0 Å². The molecule has 116 valence electrons. The van der Waals surface area contributed by atoms with Crippen LogP contribution in [0.4, 0.5) is 10.1 Å². The Hall–Kier alpha value is -2.12. The molecule has 3 rings (SSSR count). The minimum Gasteiger partial charge on any atom is -0.507 e. The van der Waals surface area contributed by atoms with Gasteiger partial charge < -0.3 is 10.4 Å². The number of phenols is 1. The summed E-state index contributed by atoms with van der Waals surface area (Å²) in [4.78, 5) is 16.7. The molecule has 2 aromatic rings. The van der Waals surface area contributed by atoms with Crippen molar-refractivity contribution in [3.8, 4) is 5.75 Å². The number of amidine groups is 1. The Morgan fingerprint density at radius 2 is 1.96 bits per heavy atom. The average molecular weight is 393 g/mol. The molecular formula is C16H10BrFN2O2S. The zero-order valence-electron chi connectivity index (χ0n) is 11.6. The number of halogens is 2. The van der Waals surface area contributed by atoms with Crippen molar-refractivity contribution in [1.82, 2.24) is 5.32 Å². The van der Waals surface area contributed by atoms with Crippen molar-refractivity contribution in [3.05, 3.63) is 63.2 Å². The largest absolute Gasteiger partial charge is 0.507 e. The van der Waals surface area contributed by atoms with Crippen molar-refractivity contribution in [2.75, 3.05) is 0 Å². The molecule has 0 bridgehead atoms. The predicted octanol–water partition coefficient (Wildman–Crippen LogP) is 4.19. The quantitative estimate of drug-likeness (QED) is 0.753. The zero-order valence-corrected chi connectivity index (χ0v) is 14.0.